The van der Waals surface area contributed by atoms with E-state index in [0.29, 0.717) is 16.6 Å². The van der Waals surface area contributed by atoms with Crippen LogP contribution in [0.1, 0.15) is 60.5 Å². The van der Waals surface area contributed by atoms with Gasteiger partial charge < -0.3 is 5.11 Å². The Morgan fingerprint density at radius 2 is 1.50 bits per heavy atom. The van der Waals surface area contributed by atoms with E-state index >= 15 is 0 Å². The lowest BCUT2D eigenvalue weighted by Crippen LogP contribution is -2.47. The van der Waals surface area contributed by atoms with Crippen molar-refractivity contribution in [3.8, 4) is 6.07 Å². The van der Waals surface area contributed by atoms with Crippen molar-refractivity contribution in [1.82, 2.24) is 0 Å². The van der Waals surface area contributed by atoms with E-state index < -0.39 is 14.2 Å². The topological polar surface area (TPSA) is 44.0 Å². The van der Waals surface area contributed by atoms with Crippen LogP contribution >= 0.6 is 0 Å². The summed E-state index contributed by atoms with van der Waals surface area (Å²) < 4.78 is 0. The molecule has 1 aromatic rings. The minimum absolute atomic E-state index is 0.00325. The summed E-state index contributed by atoms with van der Waals surface area (Å²) in [5.74, 6) is -0.00325. The van der Waals surface area contributed by atoms with Gasteiger partial charge in [0.25, 0.3) is 0 Å². The summed E-state index contributed by atoms with van der Waals surface area (Å²) in [5, 5.41) is 21.6. The first-order valence-corrected chi connectivity index (χ1v) is 12.2. The second-order valence-electron chi connectivity index (χ2n) is 8.54. The second kappa shape index (κ2) is 10.1. The molecule has 0 heterocycles. The van der Waals surface area contributed by atoms with E-state index in [4.69, 9.17) is 0 Å². The Hall–Kier alpha value is -1.37. The first kappa shape index (κ1) is 22.7. The monoisotopic (exact) mass is 371 g/mol. The number of hydrogen-bond acceptors (Lipinski definition) is 2. The first-order chi connectivity index (χ1) is 12.2. The molecule has 0 saturated heterocycles. The van der Waals surface area contributed by atoms with E-state index in [9.17, 15) is 10.4 Å². The molecule has 0 unspecified atom stereocenters. The Balaban J connectivity index is 3.02. The summed E-state index contributed by atoms with van der Waals surface area (Å²) in [7, 11) is -1.96. The number of nitriles is 1. The number of nitrogens with zero attached hydrogens (tertiary/aromatic N) is 1. The van der Waals surface area contributed by atoms with E-state index in [-0.39, 0.29) is 5.92 Å². The van der Waals surface area contributed by atoms with Crippen LogP contribution in [-0.2, 0) is 6.42 Å². The Kier molecular flexibility index (Phi) is 8.80. The van der Waals surface area contributed by atoms with Crippen LogP contribution in [0.2, 0.25) is 16.6 Å². The molecule has 26 heavy (non-hydrogen) atoms. The van der Waals surface area contributed by atoms with Gasteiger partial charge in [0.1, 0.15) is 8.07 Å². The van der Waals surface area contributed by atoms with Crippen molar-refractivity contribution < 1.29 is 5.11 Å². The third kappa shape index (κ3) is 5.08. The molecule has 2 nitrogen and oxygen atoms in total. The van der Waals surface area contributed by atoms with Crippen molar-refractivity contribution in [2.24, 2.45) is 5.92 Å². The van der Waals surface area contributed by atoms with Gasteiger partial charge in [-0.2, -0.15) is 5.26 Å². The first-order valence-electron chi connectivity index (χ1n) is 10.0. The van der Waals surface area contributed by atoms with Crippen LogP contribution in [0.3, 0.4) is 0 Å². The predicted molar refractivity (Wildman–Crippen MR) is 115 cm³/mol. The molecule has 0 aliphatic carbocycles. The number of benzene rings is 1. The van der Waals surface area contributed by atoms with Crippen LogP contribution in [0, 0.1) is 17.2 Å². The molecule has 0 amide bonds. The van der Waals surface area contributed by atoms with Gasteiger partial charge in [-0.3, -0.25) is 0 Å². The number of rotatable bonds is 9. The van der Waals surface area contributed by atoms with E-state index in [2.05, 4.69) is 65.8 Å². The van der Waals surface area contributed by atoms with Crippen molar-refractivity contribution in [3.05, 3.63) is 47.2 Å². The summed E-state index contributed by atoms with van der Waals surface area (Å²) in [6.07, 6.45) is 3.27. The average molecular weight is 372 g/mol. The van der Waals surface area contributed by atoms with Crippen LogP contribution in [0.5, 0.6) is 0 Å². The zero-order chi connectivity index (χ0) is 19.9. The van der Waals surface area contributed by atoms with Gasteiger partial charge in [-0.25, -0.2) is 0 Å². The Morgan fingerprint density at radius 3 is 1.92 bits per heavy atom. The minimum atomic E-state index is -1.96. The molecule has 0 aliphatic heterocycles. The molecule has 0 saturated carbocycles. The maximum atomic E-state index is 10.7. The van der Waals surface area contributed by atoms with Crippen molar-refractivity contribution in [2.45, 2.75) is 84.0 Å². The third-order valence-corrected chi connectivity index (χ3v) is 13.0. The zero-order valence-corrected chi connectivity index (χ0v) is 18.7. The second-order valence-corrected chi connectivity index (χ2v) is 14.4. The van der Waals surface area contributed by atoms with Gasteiger partial charge in [0, 0.05) is 11.1 Å². The van der Waals surface area contributed by atoms with Crippen molar-refractivity contribution in [1.29, 1.82) is 5.26 Å². The van der Waals surface area contributed by atoms with Gasteiger partial charge in [0.2, 0.25) is 0 Å². The maximum Gasteiger partial charge on any atom is 0.107 e. The zero-order valence-electron chi connectivity index (χ0n) is 17.7. The fraction of sp³-hybridized carbons (Fsp3) is 0.609. The van der Waals surface area contributed by atoms with Crippen LogP contribution < -0.4 is 0 Å². The fourth-order valence-corrected chi connectivity index (χ4v) is 11.4. The SMILES string of the molecule is CC(C)[Si](/C(C#N)=C/[C@H](C)[C@@H](O)CCc1ccccc1)(C(C)C)C(C)C. The summed E-state index contributed by atoms with van der Waals surface area (Å²) in [4.78, 5) is 0. The molecule has 0 fully saturated rings. The molecular formula is C23H37NOSi. The Bertz CT molecular complexity index is 591. The Labute approximate surface area is 162 Å². The summed E-state index contributed by atoms with van der Waals surface area (Å²) in [5.41, 5.74) is 2.75. The number of aliphatic hydroxyl groups is 1. The standard InChI is InChI=1S/C23H37NOSi/c1-17(2)26(18(3)4,19(5)6)22(16-24)15-20(7)23(25)14-13-21-11-9-8-10-12-21/h8-12,15,17-20,23,25H,13-14H2,1-7H3/b22-15+/t20-,23-/m0/s1. The molecule has 3 heteroatoms. The maximum absolute atomic E-state index is 10.7. The summed E-state index contributed by atoms with van der Waals surface area (Å²) in [6, 6.07) is 12.8. The van der Waals surface area contributed by atoms with Crippen molar-refractivity contribution in [2.75, 3.05) is 0 Å². The predicted octanol–water partition coefficient (Wildman–Crippen LogP) is 6.28. The van der Waals surface area contributed by atoms with Gasteiger partial charge in [0.15, 0.2) is 0 Å². The van der Waals surface area contributed by atoms with E-state index in [1.54, 1.807) is 0 Å². The van der Waals surface area contributed by atoms with Gasteiger partial charge in [-0.1, -0.05) is 84.9 Å². The molecule has 1 rings (SSSR count). The number of allylic oxidation sites excluding steroid dienone is 1. The highest BCUT2D eigenvalue weighted by Gasteiger charge is 2.46. The number of aryl methyl sites for hydroxylation is 1. The molecular weight excluding hydrogens is 334 g/mol. The van der Waals surface area contributed by atoms with Crippen LogP contribution in [-0.4, -0.2) is 19.3 Å². The largest absolute Gasteiger partial charge is 0.393 e. The average Bonchev–Trinajstić information content (AvgIpc) is 2.58. The lowest BCUT2D eigenvalue weighted by molar-refractivity contribution is 0.128. The molecule has 0 spiro atoms. The summed E-state index contributed by atoms with van der Waals surface area (Å²) in [6.45, 7) is 15.7. The van der Waals surface area contributed by atoms with Crippen LogP contribution in [0.4, 0.5) is 0 Å². The molecule has 0 aromatic heterocycles. The number of hydrogen-bond donors (Lipinski definition) is 1. The molecule has 144 valence electrons. The van der Waals surface area contributed by atoms with Gasteiger partial charge >= 0.3 is 0 Å². The van der Waals surface area contributed by atoms with Crippen LogP contribution in [0.15, 0.2) is 41.6 Å². The molecule has 0 radical (unpaired) electrons. The van der Waals surface area contributed by atoms with Gasteiger partial charge in [-0.05, 0) is 35.0 Å². The van der Waals surface area contributed by atoms with Crippen molar-refractivity contribution in [3.63, 3.8) is 0 Å². The highest BCUT2D eigenvalue weighted by molar-refractivity contribution is 6.90. The lowest BCUT2D eigenvalue weighted by Gasteiger charge is -2.43. The molecule has 1 N–H and O–H groups in total. The quantitative estimate of drug-likeness (QED) is 0.410. The van der Waals surface area contributed by atoms with E-state index in [0.717, 1.165) is 18.0 Å². The molecule has 0 aliphatic rings. The highest BCUT2D eigenvalue weighted by atomic mass is 28.3. The van der Waals surface area contributed by atoms with Crippen molar-refractivity contribution >= 4 is 8.07 Å². The van der Waals surface area contributed by atoms with Gasteiger partial charge in [-0.15, -0.1) is 0 Å². The van der Waals surface area contributed by atoms with E-state index in [1.165, 1.54) is 5.56 Å². The van der Waals surface area contributed by atoms with E-state index in [1.807, 2.05) is 25.1 Å². The smallest absolute Gasteiger partial charge is 0.107 e. The lowest BCUT2D eigenvalue weighted by atomic mass is 9.97. The normalized spacial score (nSPS) is 15.4. The summed E-state index contributed by atoms with van der Waals surface area (Å²) >= 11 is 0. The fourth-order valence-electron chi connectivity index (χ4n) is 4.81. The Morgan fingerprint density at radius 1 is 1.00 bits per heavy atom. The van der Waals surface area contributed by atoms with Gasteiger partial charge in [0.05, 0.1) is 12.2 Å². The minimum Gasteiger partial charge on any atom is -0.393 e. The third-order valence-electron chi connectivity index (χ3n) is 6.06. The van der Waals surface area contributed by atoms with Crippen LogP contribution in [0.25, 0.3) is 0 Å². The number of aliphatic hydroxyl groups excluding tert-OH is 1. The molecule has 2 atom stereocenters. The molecule has 0 bridgehead atoms. The highest BCUT2D eigenvalue weighted by Crippen LogP contribution is 2.46. The molecule has 1 aromatic carbocycles.